The number of hydrogen-bond donors (Lipinski definition) is 2. The summed E-state index contributed by atoms with van der Waals surface area (Å²) in [5.74, 6) is 1.01. The minimum Gasteiger partial charge on any atom is -0.370 e. The Morgan fingerprint density at radius 1 is 1.31 bits per heavy atom. The molecule has 2 atom stereocenters. The van der Waals surface area contributed by atoms with Crippen molar-refractivity contribution in [2.24, 2.45) is 5.92 Å². The normalized spacial score (nSPS) is 18.5. The van der Waals surface area contributed by atoms with Crippen molar-refractivity contribution in [3.63, 3.8) is 0 Å². The molecule has 1 aromatic carbocycles. The molecule has 138 valence electrons. The lowest BCUT2D eigenvalue weighted by molar-refractivity contribution is -0.125. The molecule has 3 rings (SSSR count). The smallest absolute Gasteiger partial charge is 0.237 e. The first kappa shape index (κ1) is 18.3. The molecule has 0 spiro atoms. The van der Waals surface area contributed by atoms with Crippen LogP contribution in [0.3, 0.4) is 0 Å². The Morgan fingerprint density at radius 2 is 2.12 bits per heavy atom. The van der Waals surface area contributed by atoms with Crippen molar-refractivity contribution in [3.05, 3.63) is 60.0 Å². The monoisotopic (exact) mass is 356 g/mol. The Morgan fingerprint density at radius 3 is 2.88 bits per heavy atom. The molecule has 26 heavy (non-hydrogen) atoms. The average Bonchev–Trinajstić information content (AvgIpc) is 3.15. The number of hydrogen-bond acceptors (Lipinski definition) is 4. The minimum absolute atomic E-state index is 0.0633. The second kappa shape index (κ2) is 8.76. The van der Waals surface area contributed by atoms with Crippen molar-refractivity contribution in [3.8, 4) is 0 Å². The molecule has 0 aliphatic carbocycles. The van der Waals surface area contributed by atoms with Gasteiger partial charge in [0, 0.05) is 31.4 Å². The summed E-state index contributed by atoms with van der Waals surface area (Å²) in [6.07, 6.45) is 2.82. The van der Waals surface area contributed by atoms with E-state index in [2.05, 4.69) is 20.5 Å². The van der Waals surface area contributed by atoms with Gasteiger partial charge < -0.3 is 10.6 Å². The molecule has 0 saturated carbocycles. The molecule has 1 aliphatic heterocycles. The number of carbonyl (C=O) groups excluding carboxylic acids is 1. The summed E-state index contributed by atoms with van der Waals surface area (Å²) in [6.45, 7) is 4.73. The number of halogens is 1. The number of pyridine rings is 1. The number of benzene rings is 1. The van der Waals surface area contributed by atoms with Gasteiger partial charge in [-0.3, -0.25) is 9.69 Å². The molecule has 1 saturated heterocycles. The fraction of sp³-hybridized carbons (Fsp3) is 0.400. The molecule has 2 N–H and O–H groups in total. The van der Waals surface area contributed by atoms with E-state index in [-0.39, 0.29) is 24.3 Å². The second-order valence-corrected chi connectivity index (χ2v) is 6.73. The van der Waals surface area contributed by atoms with E-state index in [0.717, 1.165) is 31.9 Å². The van der Waals surface area contributed by atoms with Crippen molar-refractivity contribution in [1.82, 2.24) is 15.2 Å². The fourth-order valence-corrected chi connectivity index (χ4v) is 3.23. The molecular weight excluding hydrogens is 331 g/mol. The Kier molecular flexibility index (Phi) is 6.17. The van der Waals surface area contributed by atoms with E-state index in [1.165, 1.54) is 6.07 Å². The van der Waals surface area contributed by atoms with Crippen LogP contribution in [0.15, 0.2) is 48.7 Å². The maximum absolute atomic E-state index is 13.6. The van der Waals surface area contributed by atoms with Crippen LogP contribution in [0.4, 0.5) is 10.2 Å². The van der Waals surface area contributed by atoms with Crippen LogP contribution in [0.5, 0.6) is 0 Å². The molecule has 5 nitrogen and oxygen atoms in total. The van der Waals surface area contributed by atoms with Crippen LogP contribution in [0.1, 0.15) is 18.9 Å². The summed E-state index contributed by atoms with van der Waals surface area (Å²) in [5, 5.41) is 6.19. The van der Waals surface area contributed by atoms with E-state index < -0.39 is 0 Å². The Balaban J connectivity index is 1.44. The van der Waals surface area contributed by atoms with E-state index in [9.17, 15) is 9.18 Å². The predicted molar refractivity (Wildman–Crippen MR) is 100 cm³/mol. The number of nitrogens with zero attached hydrogens (tertiary/aromatic N) is 2. The number of rotatable bonds is 7. The van der Waals surface area contributed by atoms with Crippen LogP contribution in [-0.4, -0.2) is 41.5 Å². The summed E-state index contributed by atoms with van der Waals surface area (Å²) >= 11 is 0. The standard InChI is InChI=1S/C20H25FN4O/c1-15(20(26)24-13-17-6-2-3-7-18(17)21)25-11-9-16(14-25)12-23-19-8-4-5-10-22-19/h2-8,10,15-16H,9,11-14H2,1H3,(H,22,23)(H,24,26). The molecule has 0 radical (unpaired) electrons. The summed E-state index contributed by atoms with van der Waals surface area (Å²) in [4.78, 5) is 18.8. The number of nitrogens with one attached hydrogen (secondary N) is 2. The fourth-order valence-electron chi connectivity index (χ4n) is 3.23. The molecule has 1 aromatic heterocycles. The van der Waals surface area contributed by atoms with Gasteiger partial charge in [0.05, 0.1) is 6.04 Å². The number of carbonyl (C=O) groups is 1. The van der Waals surface area contributed by atoms with Crippen LogP contribution < -0.4 is 10.6 Å². The average molecular weight is 356 g/mol. The van der Waals surface area contributed by atoms with Gasteiger partial charge in [-0.25, -0.2) is 9.37 Å². The zero-order valence-corrected chi connectivity index (χ0v) is 15.0. The lowest BCUT2D eigenvalue weighted by Crippen LogP contribution is -2.44. The molecule has 2 aromatic rings. The van der Waals surface area contributed by atoms with Crippen LogP contribution in [0, 0.1) is 11.7 Å². The highest BCUT2D eigenvalue weighted by atomic mass is 19.1. The maximum Gasteiger partial charge on any atom is 0.237 e. The summed E-state index contributed by atoms with van der Waals surface area (Å²) < 4.78 is 13.6. The van der Waals surface area contributed by atoms with E-state index in [4.69, 9.17) is 0 Å². The van der Waals surface area contributed by atoms with Crippen molar-refractivity contribution in [2.45, 2.75) is 25.9 Å². The van der Waals surface area contributed by atoms with Gasteiger partial charge in [0.25, 0.3) is 0 Å². The summed E-state index contributed by atoms with van der Waals surface area (Å²) in [6, 6.07) is 12.1. The predicted octanol–water partition coefficient (Wildman–Crippen LogP) is 2.66. The molecule has 1 aliphatic rings. The SMILES string of the molecule is CC(C(=O)NCc1ccccc1F)N1CCC(CNc2ccccn2)C1. The summed E-state index contributed by atoms with van der Waals surface area (Å²) in [5.41, 5.74) is 0.506. The van der Waals surface area contributed by atoms with Crippen molar-refractivity contribution < 1.29 is 9.18 Å². The van der Waals surface area contributed by atoms with Crippen LogP contribution in [-0.2, 0) is 11.3 Å². The third-order valence-corrected chi connectivity index (χ3v) is 4.89. The topological polar surface area (TPSA) is 57.3 Å². The molecule has 2 unspecified atom stereocenters. The molecule has 0 bridgehead atoms. The van der Waals surface area contributed by atoms with Crippen LogP contribution in [0.2, 0.25) is 0 Å². The van der Waals surface area contributed by atoms with Gasteiger partial charge in [-0.1, -0.05) is 24.3 Å². The minimum atomic E-state index is -0.290. The first-order valence-corrected chi connectivity index (χ1v) is 9.03. The molecule has 6 heteroatoms. The quantitative estimate of drug-likeness (QED) is 0.801. The molecular formula is C20H25FN4O. The van der Waals surface area contributed by atoms with Crippen molar-refractivity contribution >= 4 is 11.7 Å². The first-order chi connectivity index (χ1) is 12.6. The zero-order chi connectivity index (χ0) is 18.4. The van der Waals surface area contributed by atoms with E-state index >= 15 is 0 Å². The molecule has 2 heterocycles. The van der Waals surface area contributed by atoms with Gasteiger partial charge in [-0.05, 0) is 44.0 Å². The van der Waals surface area contributed by atoms with Gasteiger partial charge in [0.1, 0.15) is 11.6 Å². The van der Waals surface area contributed by atoms with Gasteiger partial charge in [-0.2, -0.15) is 0 Å². The lowest BCUT2D eigenvalue weighted by atomic mass is 10.1. The van der Waals surface area contributed by atoms with E-state index in [0.29, 0.717) is 11.5 Å². The number of aromatic nitrogens is 1. The van der Waals surface area contributed by atoms with E-state index in [1.54, 1.807) is 24.4 Å². The van der Waals surface area contributed by atoms with Gasteiger partial charge in [-0.15, -0.1) is 0 Å². The van der Waals surface area contributed by atoms with Crippen LogP contribution >= 0.6 is 0 Å². The maximum atomic E-state index is 13.6. The second-order valence-electron chi connectivity index (χ2n) is 6.73. The van der Waals surface area contributed by atoms with Gasteiger partial charge in [0.15, 0.2) is 0 Å². The highest BCUT2D eigenvalue weighted by Crippen LogP contribution is 2.19. The highest BCUT2D eigenvalue weighted by molar-refractivity contribution is 5.81. The van der Waals surface area contributed by atoms with Gasteiger partial charge >= 0.3 is 0 Å². The highest BCUT2D eigenvalue weighted by Gasteiger charge is 2.29. The van der Waals surface area contributed by atoms with Crippen molar-refractivity contribution in [1.29, 1.82) is 0 Å². The molecule has 1 fully saturated rings. The Hall–Kier alpha value is -2.47. The van der Waals surface area contributed by atoms with Crippen molar-refractivity contribution in [2.75, 3.05) is 25.0 Å². The number of anilines is 1. The van der Waals surface area contributed by atoms with E-state index in [1.807, 2.05) is 25.1 Å². The number of amides is 1. The third kappa shape index (κ3) is 4.79. The third-order valence-electron chi connectivity index (χ3n) is 4.89. The Labute approximate surface area is 153 Å². The summed E-state index contributed by atoms with van der Waals surface area (Å²) in [7, 11) is 0. The van der Waals surface area contributed by atoms with Crippen LogP contribution in [0.25, 0.3) is 0 Å². The molecule has 1 amide bonds. The zero-order valence-electron chi connectivity index (χ0n) is 15.0. The number of likely N-dealkylation sites (tertiary alicyclic amines) is 1. The van der Waals surface area contributed by atoms with Gasteiger partial charge in [0.2, 0.25) is 5.91 Å². The first-order valence-electron chi connectivity index (χ1n) is 9.03. The Bertz CT molecular complexity index is 725. The largest absolute Gasteiger partial charge is 0.370 e. The lowest BCUT2D eigenvalue weighted by Gasteiger charge is -2.23.